The van der Waals surface area contributed by atoms with Gasteiger partial charge in [0.05, 0.1) is 16.1 Å². The van der Waals surface area contributed by atoms with Crippen molar-refractivity contribution in [2.75, 3.05) is 5.73 Å². The van der Waals surface area contributed by atoms with Crippen LogP contribution in [-0.2, 0) is 0 Å². The largest absolute Gasteiger partial charge is 0.399 e. The molecule has 3 nitrogen and oxygen atoms in total. The molecule has 0 atom stereocenters. The molecule has 0 spiro atoms. The third-order valence-electron chi connectivity index (χ3n) is 3.01. The van der Waals surface area contributed by atoms with E-state index in [4.69, 9.17) is 28.9 Å². The Labute approximate surface area is 120 Å². The number of hydrogen-bond acceptors (Lipinski definition) is 2. The van der Waals surface area contributed by atoms with Crippen LogP contribution >= 0.6 is 23.2 Å². The molecular formula is C14H11Cl2N3. The molecule has 1 heterocycles. The van der Waals surface area contributed by atoms with Crippen molar-refractivity contribution >= 4 is 39.9 Å². The molecule has 5 heteroatoms. The van der Waals surface area contributed by atoms with Gasteiger partial charge < -0.3 is 10.7 Å². The fourth-order valence-electron chi connectivity index (χ4n) is 1.99. The Morgan fingerprint density at radius 1 is 1.11 bits per heavy atom. The number of hydrogen-bond donors (Lipinski definition) is 2. The summed E-state index contributed by atoms with van der Waals surface area (Å²) >= 11 is 12.3. The van der Waals surface area contributed by atoms with Gasteiger partial charge in [-0.15, -0.1) is 0 Å². The zero-order valence-corrected chi connectivity index (χ0v) is 11.7. The van der Waals surface area contributed by atoms with E-state index in [1.807, 2.05) is 19.1 Å². The summed E-state index contributed by atoms with van der Waals surface area (Å²) in [4.78, 5) is 7.75. The van der Waals surface area contributed by atoms with E-state index in [-0.39, 0.29) is 0 Å². The Morgan fingerprint density at radius 3 is 2.68 bits per heavy atom. The Hall–Kier alpha value is -1.71. The smallest absolute Gasteiger partial charge is 0.140 e. The second-order valence-electron chi connectivity index (χ2n) is 4.44. The summed E-state index contributed by atoms with van der Waals surface area (Å²) in [5.41, 5.74) is 9.96. The number of aromatic amines is 1. The number of aromatic nitrogens is 2. The molecule has 3 rings (SSSR count). The predicted molar refractivity (Wildman–Crippen MR) is 80.7 cm³/mol. The fourth-order valence-corrected chi connectivity index (χ4v) is 2.36. The molecule has 0 bridgehead atoms. The van der Waals surface area contributed by atoms with E-state index in [0.29, 0.717) is 21.6 Å². The van der Waals surface area contributed by atoms with Crippen LogP contribution in [0.1, 0.15) is 5.56 Å². The van der Waals surface area contributed by atoms with Gasteiger partial charge in [0.25, 0.3) is 0 Å². The van der Waals surface area contributed by atoms with Crippen molar-refractivity contribution in [2.45, 2.75) is 6.92 Å². The Kier molecular flexibility index (Phi) is 2.88. The highest BCUT2D eigenvalue weighted by molar-refractivity contribution is 6.33. The van der Waals surface area contributed by atoms with Crippen molar-refractivity contribution < 1.29 is 0 Å². The minimum atomic E-state index is 0.607. The van der Waals surface area contributed by atoms with Gasteiger partial charge in [0.1, 0.15) is 5.82 Å². The van der Waals surface area contributed by atoms with Crippen LogP contribution in [0.4, 0.5) is 5.69 Å². The summed E-state index contributed by atoms with van der Waals surface area (Å²) in [6.07, 6.45) is 0. The quantitative estimate of drug-likeness (QED) is 0.652. The highest BCUT2D eigenvalue weighted by atomic mass is 35.5. The van der Waals surface area contributed by atoms with Crippen LogP contribution in [0.3, 0.4) is 0 Å². The zero-order valence-electron chi connectivity index (χ0n) is 10.2. The standard InChI is InChI=1S/C14H11Cl2N3/c1-7-4-12-13(6-11(7)16)19-14(18-12)9-5-8(17)2-3-10(9)15/h2-6H,17H2,1H3,(H,18,19). The van der Waals surface area contributed by atoms with Crippen molar-refractivity contribution in [3.8, 4) is 11.4 Å². The molecule has 0 saturated heterocycles. The second-order valence-corrected chi connectivity index (χ2v) is 5.26. The summed E-state index contributed by atoms with van der Waals surface area (Å²) in [5, 5.41) is 1.31. The van der Waals surface area contributed by atoms with Gasteiger partial charge in [0, 0.05) is 16.3 Å². The maximum absolute atomic E-state index is 6.18. The molecular weight excluding hydrogens is 281 g/mol. The topological polar surface area (TPSA) is 54.7 Å². The number of benzene rings is 2. The van der Waals surface area contributed by atoms with Crippen LogP contribution in [0, 0.1) is 6.92 Å². The number of aryl methyl sites for hydroxylation is 1. The van der Waals surface area contributed by atoms with E-state index >= 15 is 0 Å². The van der Waals surface area contributed by atoms with E-state index in [1.54, 1.807) is 18.2 Å². The first-order valence-electron chi connectivity index (χ1n) is 5.76. The molecule has 0 saturated carbocycles. The predicted octanol–water partition coefficient (Wildman–Crippen LogP) is 4.43. The summed E-state index contributed by atoms with van der Waals surface area (Å²) in [6.45, 7) is 1.95. The molecule has 3 N–H and O–H groups in total. The van der Waals surface area contributed by atoms with Gasteiger partial charge in [0.2, 0.25) is 0 Å². The first kappa shape index (κ1) is 12.3. The number of nitrogens with two attached hydrogens (primary N) is 1. The van der Waals surface area contributed by atoms with Crippen molar-refractivity contribution in [3.63, 3.8) is 0 Å². The highest BCUT2D eigenvalue weighted by Crippen LogP contribution is 2.30. The number of nitrogens with zero attached hydrogens (tertiary/aromatic N) is 1. The summed E-state index contributed by atoms with van der Waals surface area (Å²) in [6, 6.07) is 9.13. The van der Waals surface area contributed by atoms with Crippen molar-refractivity contribution in [2.24, 2.45) is 0 Å². The minimum absolute atomic E-state index is 0.607. The number of nitrogens with one attached hydrogen (secondary N) is 1. The van der Waals surface area contributed by atoms with Gasteiger partial charge in [-0.1, -0.05) is 23.2 Å². The van der Waals surface area contributed by atoms with Crippen LogP contribution in [0.2, 0.25) is 10.0 Å². The van der Waals surface area contributed by atoms with Gasteiger partial charge in [0.15, 0.2) is 0 Å². The molecule has 3 aromatic rings. The first-order chi connectivity index (χ1) is 9.04. The number of H-pyrrole nitrogens is 1. The number of rotatable bonds is 1. The molecule has 0 amide bonds. The molecule has 0 aliphatic heterocycles. The summed E-state index contributed by atoms with van der Waals surface area (Å²) in [5.74, 6) is 0.689. The molecule has 19 heavy (non-hydrogen) atoms. The van der Waals surface area contributed by atoms with Crippen LogP contribution in [0.15, 0.2) is 30.3 Å². The summed E-state index contributed by atoms with van der Waals surface area (Å²) in [7, 11) is 0. The monoisotopic (exact) mass is 291 g/mol. The molecule has 0 aliphatic rings. The van der Waals surface area contributed by atoms with Gasteiger partial charge in [-0.05, 0) is 42.8 Å². The molecule has 96 valence electrons. The SMILES string of the molecule is Cc1cc2[nH]c(-c3cc(N)ccc3Cl)nc2cc1Cl. The average molecular weight is 292 g/mol. The van der Waals surface area contributed by atoms with E-state index in [0.717, 1.165) is 22.2 Å². The highest BCUT2D eigenvalue weighted by Gasteiger charge is 2.10. The maximum Gasteiger partial charge on any atom is 0.140 e. The van der Waals surface area contributed by atoms with Gasteiger partial charge in [-0.3, -0.25) is 0 Å². The number of fused-ring (bicyclic) bond motifs is 1. The minimum Gasteiger partial charge on any atom is -0.399 e. The lowest BCUT2D eigenvalue weighted by atomic mass is 10.2. The molecule has 0 radical (unpaired) electrons. The summed E-state index contributed by atoms with van der Waals surface area (Å²) < 4.78 is 0. The molecule has 0 aliphatic carbocycles. The van der Waals surface area contributed by atoms with Crippen LogP contribution in [0.5, 0.6) is 0 Å². The van der Waals surface area contributed by atoms with Crippen LogP contribution in [0.25, 0.3) is 22.4 Å². The van der Waals surface area contributed by atoms with Gasteiger partial charge in [-0.2, -0.15) is 0 Å². The van der Waals surface area contributed by atoms with Crippen molar-refractivity contribution in [1.82, 2.24) is 9.97 Å². The lowest BCUT2D eigenvalue weighted by Crippen LogP contribution is -1.87. The molecule has 0 unspecified atom stereocenters. The fraction of sp³-hybridized carbons (Fsp3) is 0.0714. The molecule has 1 aromatic heterocycles. The van der Waals surface area contributed by atoms with E-state index in [9.17, 15) is 0 Å². The first-order valence-corrected chi connectivity index (χ1v) is 6.51. The third-order valence-corrected chi connectivity index (χ3v) is 3.74. The number of halogens is 2. The van der Waals surface area contributed by atoms with E-state index < -0.39 is 0 Å². The molecule has 0 fully saturated rings. The van der Waals surface area contributed by atoms with Crippen LogP contribution < -0.4 is 5.73 Å². The normalized spacial score (nSPS) is 11.1. The van der Waals surface area contributed by atoms with Crippen molar-refractivity contribution in [1.29, 1.82) is 0 Å². The number of anilines is 1. The van der Waals surface area contributed by atoms with Gasteiger partial charge >= 0.3 is 0 Å². The Morgan fingerprint density at radius 2 is 1.89 bits per heavy atom. The zero-order chi connectivity index (χ0) is 13.6. The average Bonchev–Trinajstić information content (AvgIpc) is 2.75. The lowest BCUT2D eigenvalue weighted by Gasteiger charge is -2.01. The van der Waals surface area contributed by atoms with Gasteiger partial charge in [-0.25, -0.2) is 4.98 Å². The second kappa shape index (κ2) is 4.44. The molecule has 2 aromatic carbocycles. The maximum atomic E-state index is 6.18. The van der Waals surface area contributed by atoms with E-state index in [2.05, 4.69) is 9.97 Å². The Bertz CT molecular complexity index is 739. The Balaban J connectivity index is 2.23. The number of nitrogen functional groups attached to an aromatic ring is 1. The number of imidazole rings is 1. The van der Waals surface area contributed by atoms with Crippen molar-refractivity contribution in [3.05, 3.63) is 45.9 Å². The lowest BCUT2D eigenvalue weighted by molar-refractivity contribution is 1.34. The van der Waals surface area contributed by atoms with E-state index in [1.165, 1.54) is 0 Å². The third kappa shape index (κ3) is 2.15. The van der Waals surface area contributed by atoms with Crippen LogP contribution in [-0.4, -0.2) is 9.97 Å².